The van der Waals surface area contributed by atoms with E-state index in [0.29, 0.717) is 11.1 Å². The molecule has 1 rings (SSSR count). The minimum absolute atomic E-state index is 0.120. The Morgan fingerprint density at radius 3 is 2.38 bits per heavy atom. The fourth-order valence-corrected chi connectivity index (χ4v) is 3.54. The third-order valence-electron chi connectivity index (χ3n) is 3.65. The molecule has 0 saturated heterocycles. The maximum atomic E-state index is 10.8. The van der Waals surface area contributed by atoms with Crippen molar-refractivity contribution in [2.24, 2.45) is 0 Å². The van der Waals surface area contributed by atoms with Crippen LogP contribution < -0.4 is 5.38 Å². The zero-order valence-corrected chi connectivity index (χ0v) is 11.6. The van der Waals surface area contributed by atoms with Crippen molar-refractivity contribution < 1.29 is 14.3 Å². The summed E-state index contributed by atoms with van der Waals surface area (Å²) in [5.41, 5.74) is 1.14. The van der Waals surface area contributed by atoms with E-state index in [4.69, 9.17) is 4.42 Å². The number of furan rings is 1. The van der Waals surface area contributed by atoms with Crippen LogP contribution in [0.3, 0.4) is 0 Å². The lowest BCUT2D eigenvalue weighted by atomic mass is 10.2. The third-order valence-corrected chi connectivity index (χ3v) is 8.96. The molecule has 1 N–H and O–H groups in total. The first kappa shape index (κ1) is 13.2. The summed E-state index contributed by atoms with van der Waals surface area (Å²) in [5.74, 6) is 0. The Hall–Kier alpha value is -0.873. The van der Waals surface area contributed by atoms with Crippen LogP contribution in [0.15, 0.2) is 10.7 Å². The molecule has 0 spiro atoms. The summed E-state index contributed by atoms with van der Waals surface area (Å²) >= 11 is 0. The first-order valence-electron chi connectivity index (χ1n) is 5.42. The minimum atomic E-state index is -1.83. The predicted octanol–water partition coefficient (Wildman–Crippen LogP) is 2.30. The van der Waals surface area contributed by atoms with Gasteiger partial charge in [0.1, 0.15) is 14.3 Å². The molecule has 90 valence electrons. The molecule has 0 radical (unpaired) electrons. The smallest absolute Gasteiger partial charge is 0.153 e. The summed E-state index contributed by atoms with van der Waals surface area (Å²) in [7, 11) is -1.83. The zero-order chi connectivity index (χ0) is 12.6. The molecule has 0 aliphatic rings. The molecule has 4 heteroatoms. The molecule has 1 heterocycles. The van der Waals surface area contributed by atoms with Crippen LogP contribution in [0, 0.1) is 0 Å². The van der Waals surface area contributed by atoms with Gasteiger partial charge in [-0.05, 0) is 5.04 Å². The van der Waals surface area contributed by atoms with Crippen molar-refractivity contribution in [2.45, 2.75) is 45.5 Å². The Kier molecular flexibility index (Phi) is 3.45. The highest BCUT2D eigenvalue weighted by Gasteiger charge is 2.41. The SMILES string of the molecule is CC(C)(C)[Si](C)(C)c1occ(C=O)c1CO. The van der Waals surface area contributed by atoms with Crippen molar-refractivity contribution >= 4 is 19.7 Å². The van der Waals surface area contributed by atoms with Crippen LogP contribution in [-0.2, 0) is 6.61 Å². The van der Waals surface area contributed by atoms with Crippen LogP contribution in [-0.4, -0.2) is 19.5 Å². The second-order valence-electron chi connectivity index (χ2n) is 5.65. The van der Waals surface area contributed by atoms with Crippen LogP contribution in [0.5, 0.6) is 0 Å². The summed E-state index contributed by atoms with van der Waals surface area (Å²) in [4.78, 5) is 10.8. The molecule has 0 aliphatic heterocycles. The molecule has 0 bridgehead atoms. The van der Waals surface area contributed by atoms with Gasteiger partial charge in [-0.3, -0.25) is 4.79 Å². The van der Waals surface area contributed by atoms with Crippen molar-refractivity contribution in [3.8, 4) is 0 Å². The van der Waals surface area contributed by atoms with E-state index in [1.807, 2.05) is 0 Å². The van der Waals surface area contributed by atoms with Gasteiger partial charge >= 0.3 is 0 Å². The summed E-state index contributed by atoms with van der Waals surface area (Å²) < 4.78 is 5.54. The Morgan fingerprint density at radius 1 is 1.44 bits per heavy atom. The second-order valence-corrected chi connectivity index (χ2v) is 10.9. The number of carbonyl (C=O) groups excluding carboxylic acids is 1. The first-order chi connectivity index (χ1) is 7.25. The quantitative estimate of drug-likeness (QED) is 0.651. The van der Waals surface area contributed by atoms with E-state index in [1.165, 1.54) is 6.26 Å². The monoisotopic (exact) mass is 240 g/mol. The van der Waals surface area contributed by atoms with Crippen LogP contribution >= 0.6 is 0 Å². The maximum Gasteiger partial charge on any atom is 0.153 e. The summed E-state index contributed by atoms with van der Waals surface area (Å²) in [6.07, 6.45) is 2.19. The van der Waals surface area contributed by atoms with Crippen molar-refractivity contribution in [1.29, 1.82) is 0 Å². The fraction of sp³-hybridized carbons (Fsp3) is 0.583. The number of hydrogen-bond donors (Lipinski definition) is 1. The Labute approximate surface area is 97.5 Å². The highest BCUT2D eigenvalue weighted by Crippen LogP contribution is 2.36. The number of aliphatic hydroxyl groups excluding tert-OH is 1. The van der Waals surface area contributed by atoms with Gasteiger partial charge in [0.05, 0.1) is 17.6 Å². The largest absolute Gasteiger partial charge is 0.473 e. The third kappa shape index (κ3) is 1.99. The van der Waals surface area contributed by atoms with E-state index in [-0.39, 0.29) is 11.6 Å². The Morgan fingerprint density at radius 2 is 2.00 bits per heavy atom. The number of aliphatic hydroxyl groups is 1. The molecule has 0 amide bonds. The van der Waals surface area contributed by atoms with E-state index >= 15 is 0 Å². The lowest BCUT2D eigenvalue weighted by Crippen LogP contribution is -2.50. The molecular formula is C12H20O3Si. The Balaban J connectivity index is 3.33. The average molecular weight is 240 g/mol. The van der Waals surface area contributed by atoms with Crippen molar-refractivity contribution in [1.82, 2.24) is 0 Å². The molecule has 0 saturated carbocycles. The molecule has 0 aromatic carbocycles. The van der Waals surface area contributed by atoms with Gasteiger partial charge in [0, 0.05) is 5.56 Å². The van der Waals surface area contributed by atoms with Gasteiger partial charge in [0.25, 0.3) is 0 Å². The van der Waals surface area contributed by atoms with Gasteiger partial charge in [-0.15, -0.1) is 0 Å². The highest BCUT2D eigenvalue weighted by molar-refractivity contribution is 6.91. The first-order valence-corrected chi connectivity index (χ1v) is 8.42. The minimum Gasteiger partial charge on any atom is -0.473 e. The van der Waals surface area contributed by atoms with Gasteiger partial charge in [0.15, 0.2) is 6.29 Å². The fourth-order valence-electron chi connectivity index (χ4n) is 1.52. The molecule has 0 aliphatic carbocycles. The van der Waals surface area contributed by atoms with E-state index in [1.54, 1.807) is 0 Å². The van der Waals surface area contributed by atoms with Gasteiger partial charge in [-0.2, -0.15) is 0 Å². The van der Waals surface area contributed by atoms with Crippen molar-refractivity contribution in [2.75, 3.05) is 0 Å². The van der Waals surface area contributed by atoms with Crippen LogP contribution in [0.25, 0.3) is 0 Å². The van der Waals surface area contributed by atoms with E-state index in [2.05, 4.69) is 33.9 Å². The average Bonchev–Trinajstić information content (AvgIpc) is 2.58. The Bertz CT molecular complexity index is 385. The molecule has 0 fully saturated rings. The van der Waals surface area contributed by atoms with Crippen molar-refractivity contribution in [3.05, 3.63) is 17.4 Å². The summed E-state index contributed by atoms with van der Waals surface area (Å²) in [6, 6.07) is 0. The second kappa shape index (κ2) is 4.18. The standard InChI is InChI=1S/C12H20O3Si/c1-12(2,3)16(4,5)11-10(7-14)9(6-13)8-15-11/h6,8,14H,7H2,1-5H3. The molecular weight excluding hydrogens is 220 g/mol. The van der Waals surface area contributed by atoms with Crippen LogP contribution in [0.1, 0.15) is 36.7 Å². The number of rotatable bonds is 3. The number of carbonyl (C=O) groups is 1. The van der Waals surface area contributed by atoms with Gasteiger partial charge in [0.2, 0.25) is 0 Å². The van der Waals surface area contributed by atoms with Crippen molar-refractivity contribution in [3.63, 3.8) is 0 Å². The molecule has 1 aromatic rings. The normalized spacial score (nSPS) is 12.9. The topological polar surface area (TPSA) is 50.4 Å². The van der Waals surface area contributed by atoms with Crippen LogP contribution in [0.4, 0.5) is 0 Å². The van der Waals surface area contributed by atoms with Gasteiger partial charge < -0.3 is 9.52 Å². The summed E-state index contributed by atoms with van der Waals surface area (Å²) in [5, 5.41) is 10.3. The molecule has 3 nitrogen and oxygen atoms in total. The number of hydrogen-bond acceptors (Lipinski definition) is 3. The van der Waals surface area contributed by atoms with Gasteiger partial charge in [-0.1, -0.05) is 33.9 Å². The predicted molar refractivity (Wildman–Crippen MR) is 66.8 cm³/mol. The van der Waals surface area contributed by atoms with E-state index < -0.39 is 8.07 Å². The lowest BCUT2D eigenvalue weighted by Gasteiger charge is -2.35. The molecule has 1 aromatic heterocycles. The zero-order valence-electron chi connectivity index (χ0n) is 10.6. The van der Waals surface area contributed by atoms with E-state index in [0.717, 1.165) is 11.7 Å². The van der Waals surface area contributed by atoms with E-state index in [9.17, 15) is 9.90 Å². The molecule has 0 unspecified atom stereocenters. The maximum absolute atomic E-state index is 10.8. The molecule has 0 atom stereocenters. The number of aldehydes is 1. The van der Waals surface area contributed by atoms with Gasteiger partial charge in [-0.25, -0.2) is 0 Å². The lowest BCUT2D eigenvalue weighted by molar-refractivity contribution is 0.112. The summed E-state index contributed by atoms with van der Waals surface area (Å²) in [6.45, 7) is 10.8. The highest BCUT2D eigenvalue weighted by atomic mass is 28.3. The van der Waals surface area contributed by atoms with Crippen LogP contribution in [0.2, 0.25) is 18.1 Å². The molecule has 16 heavy (non-hydrogen) atoms.